The van der Waals surface area contributed by atoms with E-state index in [0.717, 1.165) is 19.4 Å². The third kappa shape index (κ3) is 1.89. The highest BCUT2D eigenvalue weighted by Gasteiger charge is 2.38. The second kappa shape index (κ2) is 4.37. The number of aromatic nitrogens is 2. The summed E-state index contributed by atoms with van der Waals surface area (Å²) < 4.78 is 1.89. The van der Waals surface area contributed by atoms with Crippen LogP contribution in [0.15, 0.2) is 12.4 Å². The van der Waals surface area contributed by atoms with Crippen LogP contribution in [0.25, 0.3) is 0 Å². The van der Waals surface area contributed by atoms with Gasteiger partial charge in [0.1, 0.15) is 0 Å². The molecule has 1 saturated carbocycles. The molecule has 16 heavy (non-hydrogen) atoms. The molecule has 0 aliphatic heterocycles. The highest BCUT2D eigenvalue weighted by molar-refractivity contribution is 5.93. The number of Topliss-reactive ketones (excluding diaryl/α,β-unsaturated/α-hetero) is 1. The van der Waals surface area contributed by atoms with Crippen LogP contribution in [0, 0.1) is 5.41 Å². The van der Waals surface area contributed by atoms with Gasteiger partial charge in [0.05, 0.1) is 0 Å². The Balaban J connectivity index is 2.08. The Kier molecular flexibility index (Phi) is 3.10. The number of rotatable bonds is 5. The number of hydrogen-bond acceptors (Lipinski definition) is 3. The predicted octanol–water partition coefficient (Wildman–Crippen LogP) is 1.60. The Bertz CT molecular complexity index is 374. The van der Waals surface area contributed by atoms with Gasteiger partial charge in [0.2, 0.25) is 0 Å². The van der Waals surface area contributed by atoms with Gasteiger partial charge in [-0.15, -0.1) is 0 Å². The topological polar surface area (TPSA) is 60.9 Å². The van der Waals surface area contributed by atoms with E-state index in [2.05, 4.69) is 4.98 Å². The lowest BCUT2D eigenvalue weighted by Gasteiger charge is -2.40. The van der Waals surface area contributed by atoms with E-state index >= 15 is 0 Å². The van der Waals surface area contributed by atoms with E-state index in [1.807, 2.05) is 17.7 Å². The number of hydrogen-bond donors (Lipinski definition) is 1. The zero-order chi connectivity index (χ0) is 11.6. The molecule has 0 saturated heterocycles. The van der Waals surface area contributed by atoms with E-state index in [0.29, 0.717) is 18.8 Å². The number of imidazole rings is 1. The molecule has 0 bridgehead atoms. The normalized spacial score (nSPS) is 18.1. The predicted molar refractivity (Wildman–Crippen MR) is 62.2 cm³/mol. The summed E-state index contributed by atoms with van der Waals surface area (Å²) in [6.45, 7) is 3.42. The van der Waals surface area contributed by atoms with Crippen molar-refractivity contribution in [3.8, 4) is 0 Å². The van der Waals surface area contributed by atoms with E-state index in [-0.39, 0.29) is 11.2 Å². The third-order valence-corrected chi connectivity index (χ3v) is 3.69. The SMILES string of the molecule is CCn1ccnc1C(=O)CC1(CN)CCC1. The van der Waals surface area contributed by atoms with Crippen molar-refractivity contribution in [2.75, 3.05) is 6.54 Å². The number of nitrogens with zero attached hydrogens (tertiary/aromatic N) is 2. The molecule has 1 aliphatic carbocycles. The molecule has 1 aliphatic rings. The molecule has 4 heteroatoms. The molecule has 1 heterocycles. The Morgan fingerprint density at radius 1 is 1.62 bits per heavy atom. The van der Waals surface area contributed by atoms with Gasteiger partial charge >= 0.3 is 0 Å². The summed E-state index contributed by atoms with van der Waals surface area (Å²) in [5.74, 6) is 0.722. The first-order valence-electron chi connectivity index (χ1n) is 5.95. The summed E-state index contributed by atoms with van der Waals surface area (Å²) in [5, 5.41) is 0. The zero-order valence-corrected chi connectivity index (χ0v) is 9.78. The van der Waals surface area contributed by atoms with E-state index in [1.54, 1.807) is 6.20 Å². The molecule has 0 spiro atoms. The van der Waals surface area contributed by atoms with Crippen molar-refractivity contribution in [3.05, 3.63) is 18.2 Å². The smallest absolute Gasteiger partial charge is 0.198 e. The van der Waals surface area contributed by atoms with E-state index in [1.165, 1.54) is 6.42 Å². The molecule has 1 aromatic heterocycles. The van der Waals surface area contributed by atoms with Gasteiger partial charge in [0.15, 0.2) is 11.6 Å². The fourth-order valence-electron chi connectivity index (χ4n) is 2.37. The van der Waals surface area contributed by atoms with Crippen LogP contribution < -0.4 is 5.73 Å². The monoisotopic (exact) mass is 221 g/mol. The van der Waals surface area contributed by atoms with E-state index < -0.39 is 0 Å². The molecule has 0 amide bonds. The van der Waals surface area contributed by atoms with E-state index in [4.69, 9.17) is 5.73 Å². The molecular formula is C12H19N3O. The second-order valence-electron chi connectivity index (χ2n) is 4.69. The van der Waals surface area contributed by atoms with Crippen LogP contribution in [0.1, 0.15) is 43.2 Å². The highest BCUT2D eigenvalue weighted by Crippen LogP contribution is 2.43. The second-order valence-corrected chi connectivity index (χ2v) is 4.69. The zero-order valence-electron chi connectivity index (χ0n) is 9.78. The van der Waals surface area contributed by atoms with Crippen LogP contribution in [-0.4, -0.2) is 21.9 Å². The van der Waals surface area contributed by atoms with Crippen LogP contribution in [-0.2, 0) is 6.54 Å². The van der Waals surface area contributed by atoms with E-state index in [9.17, 15) is 4.79 Å². The minimum atomic E-state index is 0.0710. The van der Waals surface area contributed by atoms with Gasteiger partial charge < -0.3 is 10.3 Å². The summed E-state index contributed by atoms with van der Waals surface area (Å²) in [4.78, 5) is 16.3. The molecule has 0 unspecified atom stereocenters. The van der Waals surface area contributed by atoms with Crippen molar-refractivity contribution in [2.45, 2.75) is 39.2 Å². The van der Waals surface area contributed by atoms with Gasteiger partial charge in [-0.2, -0.15) is 0 Å². The molecule has 1 fully saturated rings. The maximum absolute atomic E-state index is 12.1. The number of carbonyl (C=O) groups is 1. The van der Waals surface area contributed by atoms with Crippen molar-refractivity contribution in [1.29, 1.82) is 0 Å². The van der Waals surface area contributed by atoms with Crippen LogP contribution in [0.5, 0.6) is 0 Å². The van der Waals surface area contributed by atoms with Crippen molar-refractivity contribution in [1.82, 2.24) is 9.55 Å². The van der Waals surface area contributed by atoms with Crippen molar-refractivity contribution in [3.63, 3.8) is 0 Å². The van der Waals surface area contributed by atoms with Crippen LogP contribution in [0.4, 0.5) is 0 Å². The lowest BCUT2D eigenvalue weighted by Crippen LogP contribution is -2.39. The standard InChI is InChI=1S/C12H19N3O/c1-2-15-7-6-14-11(15)10(16)8-12(9-13)4-3-5-12/h6-7H,2-5,8-9,13H2,1H3. The molecule has 0 aromatic carbocycles. The van der Waals surface area contributed by atoms with Gasteiger partial charge in [0.25, 0.3) is 0 Å². The van der Waals surface area contributed by atoms with Crippen LogP contribution >= 0.6 is 0 Å². The first-order chi connectivity index (χ1) is 7.71. The first-order valence-corrected chi connectivity index (χ1v) is 5.95. The number of aryl methyl sites for hydroxylation is 1. The fraction of sp³-hybridized carbons (Fsp3) is 0.667. The first kappa shape index (κ1) is 11.3. The number of ketones is 1. The van der Waals surface area contributed by atoms with Gasteiger partial charge in [0, 0.05) is 25.4 Å². The van der Waals surface area contributed by atoms with Gasteiger partial charge in [-0.1, -0.05) is 6.42 Å². The van der Waals surface area contributed by atoms with Crippen molar-refractivity contribution in [2.24, 2.45) is 11.1 Å². The molecule has 4 nitrogen and oxygen atoms in total. The maximum atomic E-state index is 12.1. The molecule has 0 atom stereocenters. The maximum Gasteiger partial charge on any atom is 0.198 e. The quantitative estimate of drug-likeness (QED) is 0.768. The van der Waals surface area contributed by atoms with Gasteiger partial charge in [-0.05, 0) is 31.7 Å². The molecule has 2 rings (SSSR count). The summed E-state index contributed by atoms with van der Waals surface area (Å²) in [6, 6.07) is 0. The Morgan fingerprint density at radius 2 is 2.38 bits per heavy atom. The summed E-state index contributed by atoms with van der Waals surface area (Å²) in [6.07, 6.45) is 7.47. The Morgan fingerprint density at radius 3 is 2.88 bits per heavy atom. The van der Waals surface area contributed by atoms with Crippen molar-refractivity contribution >= 4 is 5.78 Å². The molecule has 88 valence electrons. The minimum absolute atomic E-state index is 0.0710. The van der Waals surface area contributed by atoms with Crippen LogP contribution in [0.2, 0.25) is 0 Å². The fourth-order valence-corrected chi connectivity index (χ4v) is 2.37. The van der Waals surface area contributed by atoms with Crippen molar-refractivity contribution < 1.29 is 4.79 Å². The number of nitrogens with two attached hydrogens (primary N) is 1. The van der Waals surface area contributed by atoms with Gasteiger partial charge in [-0.25, -0.2) is 4.98 Å². The Hall–Kier alpha value is -1.16. The third-order valence-electron chi connectivity index (χ3n) is 3.69. The Labute approximate surface area is 95.9 Å². The summed E-state index contributed by atoms with van der Waals surface area (Å²) in [5.41, 5.74) is 5.83. The lowest BCUT2D eigenvalue weighted by atomic mass is 9.66. The largest absolute Gasteiger partial charge is 0.330 e. The summed E-state index contributed by atoms with van der Waals surface area (Å²) >= 11 is 0. The summed E-state index contributed by atoms with van der Waals surface area (Å²) in [7, 11) is 0. The average molecular weight is 221 g/mol. The molecule has 2 N–H and O–H groups in total. The molecular weight excluding hydrogens is 202 g/mol. The lowest BCUT2D eigenvalue weighted by molar-refractivity contribution is 0.0772. The molecule has 1 aromatic rings. The number of carbonyl (C=O) groups excluding carboxylic acids is 1. The molecule has 0 radical (unpaired) electrons. The minimum Gasteiger partial charge on any atom is -0.330 e. The highest BCUT2D eigenvalue weighted by atomic mass is 16.1. The van der Waals surface area contributed by atoms with Gasteiger partial charge in [-0.3, -0.25) is 4.79 Å². The van der Waals surface area contributed by atoms with Crippen LogP contribution in [0.3, 0.4) is 0 Å². The average Bonchev–Trinajstić information content (AvgIpc) is 2.71.